The van der Waals surface area contributed by atoms with Gasteiger partial charge in [0, 0.05) is 29.7 Å². The van der Waals surface area contributed by atoms with E-state index in [9.17, 15) is 18.4 Å². The molecule has 1 saturated carbocycles. The van der Waals surface area contributed by atoms with Crippen molar-refractivity contribution in [2.24, 2.45) is 5.92 Å². The maximum absolute atomic E-state index is 15.2. The molecule has 9 heteroatoms. The number of H-pyrrole nitrogens is 1. The first-order chi connectivity index (χ1) is 15.2. The zero-order valence-electron chi connectivity index (χ0n) is 17.1. The molecule has 0 bridgehead atoms. The summed E-state index contributed by atoms with van der Waals surface area (Å²) in [7, 11) is 0. The van der Waals surface area contributed by atoms with Gasteiger partial charge in [-0.3, -0.25) is 4.57 Å². The number of imidazole rings is 1. The monoisotopic (exact) mass is 440 g/mol. The van der Waals surface area contributed by atoms with Gasteiger partial charge in [-0.2, -0.15) is 0 Å². The predicted octanol–water partition coefficient (Wildman–Crippen LogP) is 3.92. The number of benzene rings is 2. The molecular formula is C23H19F3N4O2. The third-order valence-corrected chi connectivity index (χ3v) is 5.85. The van der Waals surface area contributed by atoms with Crippen LogP contribution in [0.4, 0.5) is 23.7 Å². The number of anilines is 1. The number of rotatable bonds is 3. The summed E-state index contributed by atoms with van der Waals surface area (Å²) in [6, 6.07) is 8.34. The maximum atomic E-state index is 15.2. The summed E-state index contributed by atoms with van der Waals surface area (Å²) in [5, 5.41) is 4.71. The molecule has 5 rings (SSSR count). The standard InChI is InChI=1S/C23H19F3N4O2/c1-22(25,26)23(9-8-13-6-7-13)15-11-16(24)14(10-18(15)27-20(31)29-23)12-30-19-5-3-2-4-17(19)28-21(30)32/h2-5,10-11,13H,6-7,12H2,1H3,(H,28,32)(H2,27,29,31)/t23-/m0/s1. The minimum absolute atomic E-state index is 0.00216. The number of urea groups is 1. The van der Waals surface area contributed by atoms with E-state index in [1.807, 2.05) is 0 Å². The molecule has 2 heterocycles. The lowest BCUT2D eigenvalue weighted by Crippen LogP contribution is -2.59. The van der Waals surface area contributed by atoms with Crippen LogP contribution in [0, 0.1) is 23.6 Å². The van der Waals surface area contributed by atoms with E-state index >= 15 is 4.39 Å². The smallest absolute Gasteiger partial charge is 0.312 e. The highest BCUT2D eigenvalue weighted by atomic mass is 19.3. The molecule has 3 aromatic rings. The molecule has 1 aliphatic carbocycles. The summed E-state index contributed by atoms with van der Waals surface area (Å²) in [5.74, 6) is 1.08. The van der Waals surface area contributed by atoms with Crippen LogP contribution in [-0.4, -0.2) is 21.5 Å². The molecule has 0 saturated heterocycles. The van der Waals surface area contributed by atoms with Crippen molar-refractivity contribution in [2.75, 3.05) is 5.32 Å². The van der Waals surface area contributed by atoms with Crippen LogP contribution in [0.3, 0.4) is 0 Å². The lowest BCUT2D eigenvalue weighted by molar-refractivity contribution is -0.0465. The Morgan fingerprint density at radius 3 is 2.69 bits per heavy atom. The number of nitrogens with one attached hydrogen (secondary N) is 3. The number of alkyl halides is 2. The van der Waals surface area contributed by atoms with E-state index in [4.69, 9.17) is 0 Å². The summed E-state index contributed by atoms with van der Waals surface area (Å²) >= 11 is 0. The van der Waals surface area contributed by atoms with E-state index in [0.29, 0.717) is 18.0 Å². The largest absolute Gasteiger partial charge is 0.326 e. The van der Waals surface area contributed by atoms with Gasteiger partial charge >= 0.3 is 11.7 Å². The second kappa shape index (κ2) is 6.92. The Morgan fingerprint density at radius 2 is 1.97 bits per heavy atom. The fourth-order valence-corrected chi connectivity index (χ4v) is 3.97. The lowest BCUT2D eigenvalue weighted by Gasteiger charge is -2.40. The number of carbonyl (C=O) groups excluding carboxylic acids is 1. The van der Waals surface area contributed by atoms with E-state index in [0.717, 1.165) is 18.9 Å². The molecule has 32 heavy (non-hydrogen) atoms. The molecule has 1 fully saturated rings. The fourth-order valence-electron chi connectivity index (χ4n) is 3.97. The van der Waals surface area contributed by atoms with Crippen LogP contribution in [0.1, 0.15) is 30.9 Å². The van der Waals surface area contributed by atoms with Crippen LogP contribution >= 0.6 is 0 Å². The average molecular weight is 440 g/mol. The topological polar surface area (TPSA) is 78.9 Å². The first-order valence-electron chi connectivity index (χ1n) is 10.2. The van der Waals surface area contributed by atoms with Gasteiger partial charge in [-0.1, -0.05) is 24.0 Å². The van der Waals surface area contributed by atoms with E-state index in [2.05, 4.69) is 27.5 Å². The van der Waals surface area contributed by atoms with Crippen molar-refractivity contribution in [1.29, 1.82) is 0 Å². The molecule has 1 aliphatic heterocycles. The molecule has 164 valence electrons. The van der Waals surface area contributed by atoms with Crippen molar-refractivity contribution in [3.8, 4) is 11.8 Å². The van der Waals surface area contributed by atoms with Crippen LogP contribution in [0.15, 0.2) is 41.2 Å². The summed E-state index contributed by atoms with van der Waals surface area (Å²) in [4.78, 5) is 27.4. The Balaban J connectivity index is 1.64. The number of halogens is 3. The quantitative estimate of drug-likeness (QED) is 0.540. The van der Waals surface area contributed by atoms with Crippen LogP contribution in [0.25, 0.3) is 11.0 Å². The minimum atomic E-state index is -3.48. The van der Waals surface area contributed by atoms with Gasteiger partial charge < -0.3 is 15.6 Å². The van der Waals surface area contributed by atoms with Gasteiger partial charge in [-0.05, 0) is 37.1 Å². The molecule has 1 aromatic heterocycles. The first kappa shape index (κ1) is 20.2. The first-order valence-corrected chi connectivity index (χ1v) is 10.2. The van der Waals surface area contributed by atoms with E-state index < -0.39 is 29.0 Å². The third-order valence-electron chi connectivity index (χ3n) is 5.85. The Labute approximate surface area is 180 Å². The van der Waals surface area contributed by atoms with Gasteiger partial charge in [-0.15, -0.1) is 0 Å². The molecule has 3 N–H and O–H groups in total. The molecule has 0 radical (unpaired) electrons. The molecule has 0 unspecified atom stereocenters. The maximum Gasteiger partial charge on any atom is 0.326 e. The minimum Gasteiger partial charge on any atom is -0.312 e. The summed E-state index contributed by atoms with van der Waals surface area (Å²) in [6.07, 6.45) is 1.62. The number of carbonyl (C=O) groups is 1. The van der Waals surface area contributed by atoms with Gasteiger partial charge in [0.2, 0.25) is 0 Å². The molecule has 6 nitrogen and oxygen atoms in total. The Bertz CT molecular complexity index is 1370. The zero-order valence-corrected chi connectivity index (χ0v) is 17.1. The van der Waals surface area contributed by atoms with Crippen molar-refractivity contribution in [2.45, 2.75) is 37.8 Å². The van der Waals surface area contributed by atoms with Crippen molar-refractivity contribution in [1.82, 2.24) is 14.9 Å². The van der Waals surface area contributed by atoms with E-state index in [1.165, 1.54) is 10.6 Å². The van der Waals surface area contributed by atoms with Crippen LogP contribution < -0.4 is 16.3 Å². The van der Waals surface area contributed by atoms with E-state index in [1.54, 1.807) is 24.3 Å². The zero-order chi connectivity index (χ0) is 22.7. The van der Waals surface area contributed by atoms with Gasteiger partial charge in [0.25, 0.3) is 5.92 Å². The highest BCUT2D eigenvalue weighted by Gasteiger charge is 2.55. The Morgan fingerprint density at radius 1 is 1.22 bits per heavy atom. The SMILES string of the molecule is CC(F)(F)[C@@]1(C#CC2CC2)NC(=O)Nc2cc(Cn3c(=O)[nH]c4ccccc43)c(F)cc21. The average Bonchev–Trinajstić information content (AvgIpc) is 3.50. The molecular weight excluding hydrogens is 421 g/mol. The second-order valence-electron chi connectivity index (χ2n) is 8.28. The normalized spacial score (nSPS) is 20.2. The summed E-state index contributed by atoms with van der Waals surface area (Å²) < 4.78 is 46.2. The van der Waals surface area contributed by atoms with Crippen molar-refractivity contribution >= 4 is 22.8 Å². The predicted molar refractivity (Wildman–Crippen MR) is 113 cm³/mol. The number of hydrogen-bond donors (Lipinski definition) is 3. The number of amides is 2. The molecule has 1 atom stereocenters. The molecule has 2 aromatic carbocycles. The van der Waals surface area contributed by atoms with Crippen molar-refractivity contribution in [3.63, 3.8) is 0 Å². The highest BCUT2D eigenvalue weighted by Crippen LogP contribution is 2.44. The number of fused-ring (bicyclic) bond motifs is 2. The number of aromatic nitrogens is 2. The van der Waals surface area contributed by atoms with Crippen LogP contribution in [0.2, 0.25) is 0 Å². The van der Waals surface area contributed by atoms with Gasteiger partial charge in [-0.25, -0.2) is 22.8 Å². The Hall–Kier alpha value is -3.67. The fraction of sp³-hybridized carbons (Fsp3) is 0.304. The Kier molecular flexibility index (Phi) is 4.38. The second-order valence-corrected chi connectivity index (χ2v) is 8.28. The number of aromatic amines is 1. The molecule has 0 spiro atoms. The van der Waals surface area contributed by atoms with Gasteiger partial charge in [0.05, 0.1) is 17.6 Å². The van der Waals surface area contributed by atoms with Gasteiger partial charge in [0.1, 0.15) is 5.82 Å². The molecule has 2 aliphatic rings. The summed E-state index contributed by atoms with van der Waals surface area (Å²) in [5.41, 5.74) is -1.67. The lowest BCUT2D eigenvalue weighted by atomic mass is 9.81. The number of nitrogens with zero attached hydrogens (tertiary/aromatic N) is 1. The van der Waals surface area contributed by atoms with Gasteiger partial charge in [0.15, 0.2) is 5.54 Å². The highest BCUT2D eigenvalue weighted by molar-refractivity contribution is 5.95. The number of para-hydroxylation sites is 2. The van der Waals surface area contributed by atoms with Crippen LogP contribution in [-0.2, 0) is 12.1 Å². The van der Waals surface area contributed by atoms with Crippen molar-refractivity contribution < 1.29 is 18.0 Å². The van der Waals surface area contributed by atoms with E-state index in [-0.39, 0.29) is 29.3 Å². The van der Waals surface area contributed by atoms with Crippen LogP contribution in [0.5, 0.6) is 0 Å². The molecule has 2 amide bonds. The van der Waals surface area contributed by atoms with Crippen molar-refractivity contribution in [3.05, 3.63) is 63.8 Å². The third kappa shape index (κ3) is 3.23. The summed E-state index contributed by atoms with van der Waals surface area (Å²) in [6.45, 7) is 0.510. The number of hydrogen-bond acceptors (Lipinski definition) is 2.